The molecule has 0 bridgehead atoms. The lowest BCUT2D eigenvalue weighted by Gasteiger charge is -2.39. The van der Waals surface area contributed by atoms with E-state index in [1.165, 1.54) is 6.07 Å². The Kier molecular flexibility index (Phi) is 6.33. The fourth-order valence-corrected chi connectivity index (χ4v) is 6.11. The topological polar surface area (TPSA) is 101 Å². The Morgan fingerprint density at radius 2 is 1.82 bits per heavy atom. The van der Waals surface area contributed by atoms with E-state index in [0.29, 0.717) is 60.0 Å². The predicted octanol–water partition coefficient (Wildman–Crippen LogP) is 4.12. The van der Waals surface area contributed by atoms with Gasteiger partial charge in [-0.15, -0.1) is 0 Å². The molecular formula is C25H30N2O5S. The van der Waals surface area contributed by atoms with Crippen molar-refractivity contribution in [2.45, 2.75) is 56.3 Å². The van der Waals surface area contributed by atoms with Crippen LogP contribution >= 0.6 is 0 Å². The number of oxazole rings is 1. The normalized spacial score (nSPS) is 16.5. The summed E-state index contributed by atoms with van der Waals surface area (Å²) >= 11 is 0. The first-order valence-corrected chi connectivity index (χ1v) is 12.9. The summed E-state index contributed by atoms with van der Waals surface area (Å²) in [5, 5.41) is 10.7. The lowest BCUT2D eigenvalue weighted by atomic mass is 9.84. The minimum absolute atomic E-state index is 0.0983. The number of carbonyl (C=O) groups is 1. The van der Waals surface area contributed by atoms with E-state index in [1.54, 1.807) is 48.2 Å². The fraction of sp³-hybridized carbons (Fsp3) is 0.440. The molecule has 1 saturated heterocycles. The molecule has 0 aliphatic carbocycles. The molecule has 33 heavy (non-hydrogen) atoms. The zero-order chi connectivity index (χ0) is 23.8. The van der Waals surface area contributed by atoms with Crippen LogP contribution in [0.3, 0.4) is 0 Å². The van der Waals surface area contributed by atoms with E-state index >= 15 is 0 Å². The van der Waals surface area contributed by atoms with Crippen molar-refractivity contribution in [2.75, 3.05) is 13.1 Å². The molecule has 1 N–H and O–H groups in total. The maximum Gasteiger partial charge on any atom is 0.253 e. The van der Waals surface area contributed by atoms with E-state index in [-0.39, 0.29) is 16.6 Å². The molecular weight excluding hydrogens is 440 g/mol. The second kappa shape index (κ2) is 8.91. The monoisotopic (exact) mass is 470 g/mol. The van der Waals surface area contributed by atoms with Gasteiger partial charge in [0.05, 0.1) is 16.2 Å². The Bertz CT molecular complexity index is 1250. The number of nitrogens with zero attached hydrogens (tertiary/aromatic N) is 2. The number of sulfone groups is 1. The van der Waals surface area contributed by atoms with E-state index in [9.17, 15) is 18.3 Å². The lowest BCUT2D eigenvalue weighted by Crippen LogP contribution is -2.47. The highest BCUT2D eigenvalue weighted by Gasteiger charge is 2.34. The summed E-state index contributed by atoms with van der Waals surface area (Å²) in [6, 6.07) is 11.6. The molecule has 3 aromatic rings. The highest BCUT2D eigenvalue weighted by molar-refractivity contribution is 7.90. The molecule has 8 heteroatoms. The average Bonchev–Trinajstić information content (AvgIpc) is 3.13. The molecule has 1 aliphatic heterocycles. The molecule has 0 unspecified atom stereocenters. The molecule has 2 aromatic carbocycles. The molecule has 0 atom stereocenters. The molecule has 0 saturated carbocycles. The lowest BCUT2D eigenvalue weighted by molar-refractivity contribution is -0.0311. The van der Waals surface area contributed by atoms with Crippen molar-refractivity contribution in [3.63, 3.8) is 0 Å². The largest absolute Gasteiger partial charge is 0.441 e. The third-order valence-electron chi connectivity index (χ3n) is 6.15. The molecule has 7 nitrogen and oxygen atoms in total. The minimum Gasteiger partial charge on any atom is -0.441 e. The van der Waals surface area contributed by atoms with Gasteiger partial charge in [-0.2, -0.15) is 0 Å². The maximum absolute atomic E-state index is 13.0. The van der Waals surface area contributed by atoms with Gasteiger partial charge >= 0.3 is 0 Å². The molecule has 1 aromatic heterocycles. The minimum atomic E-state index is -3.65. The van der Waals surface area contributed by atoms with Crippen LogP contribution in [-0.4, -0.2) is 48.0 Å². The summed E-state index contributed by atoms with van der Waals surface area (Å²) in [4.78, 5) is 19.0. The summed E-state index contributed by atoms with van der Waals surface area (Å²) in [6.07, 6.45) is 1.88. The summed E-state index contributed by atoms with van der Waals surface area (Å²) in [6.45, 7) is 6.88. The number of benzene rings is 2. The van der Waals surface area contributed by atoms with Gasteiger partial charge in [-0.05, 0) is 55.0 Å². The smallest absolute Gasteiger partial charge is 0.253 e. The third kappa shape index (κ3) is 5.12. The van der Waals surface area contributed by atoms with Crippen LogP contribution in [0.2, 0.25) is 0 Å². The van der Waals surface area contributed by atoms with Crippen molar-refractivity contribution in [1.29, 1.82) is 0 Å². The van der Waals surface area contributed by atoms with Crippen molar-refractivity contribution in [2.24, 2.45) is 5.92 Å². The Labute approximate surface area is 194 Å². The molecule has 2 heterocycles. The van der Waals surface area contributed by atoms with Gasteiger partial charge in [0.15, 0.2) is 21.3 Å². The highest BCUT2D eigenvalue weighted by atomic mass is 32.2. The van der Waals surface area contributed by atoms with E-state index in [4.69, 9.17) is 4.42 Å². The van der Waals surface area contributed by atoms with Crippen molar-refractivity contribution in [3.8, 4) is 0 Å². The van der Waals surface area contributed by atoms with Gasteiger partial charge in [-0.3, -0.25) is 4.79 Å². The standard InChI is InChI=1S/C25H30N2O5S/c1-17(2)15-25(29)11-13-27(14-12-25)24(28)20-9-7-19(8-10-20)16-33(30,31)22-6-4-5-21-23(22)26-18(3)32-21/h4-10,17,29H,11-16H2,1-3H3. The van der Waals surface area contributed by atoms with Gasteiger partial charge in [0.1, 0.15) is 5.52 Å². The zero-order valence-electron chi connectivity index (χ0n) is 19.2. The van der Waals surface area contributed by atoms with Gasteiger partial charge in [-0.25, -0.2) is 13.4 Å². The van der Waals surface area contributed by atoms with E-state index in [2.05, 4.69) is 18.8 Å². The van der Waals surface area contributed by atoms with Gasteiger partial charge in [-0.1, -0.05) is 32.0 Å². The number of amides is 1. The summed E-state index contributed by atoms with van der Waals surface area (Å²) < 4.78 is 31.5. The Balaban J connectivity index is 1.45. The molecule has 1 fully saturated rings. The van der Waals surface area contributed by atoms with E-state index in [1.807, 2.05) is 0 Å². The molecule has 0 radical (unpaired) electrons. The van der Waals surface area contributed by atoms with Gasteiger partial charge in [0, 0.05) is 25.6 Å². The van der Waals surface area contributed by atoms with E-state index < -0.39 is 15.4 Å². The molecule has 176 valence electrons. The number of aromatic nitrogens is 1. The number of rotatable bonds is 6. The van der Waals surface area contributed by atoms with Crippen molar-refractivity contribution >= 4 is 26.8 Å². The van der Waals surface area contributed by atoms with Crippen LogP contribution in [0.4, 0.5) is 0 Å². The van der Waals surface area contributed by atoms with Crippen LogP contribution in [0.15, 0.2) is 51.8 Å². The summed E-state index contributed by atoms with van der Waals surface area (Å²) in [7, 11) is -3.65. The van der Waals surface area contributed by atoms with Crippen molar-refractivity contribution < 1.29 is 22.7 Å². The third-order valence-corrected chi connectivity index (χ3v) is 7.86. The van der Waals surface area contributed by atoms with Gasteiger partial charge in [0.2, 0.25) is 0 Å². The van der Waals surface area contributed by atoms with Crippen molar-refractivity contribution in [3.05, 3.63) is 59.5 Å². The number of aliphatic hydroxyl groups is 1. The fourth-order valence-electron chi connectivity index (χ4n) is 4.60. The predicted molar refractivity (Wildman–Crippen MR) is 126 cm³/mol. The number of carbonyl (C=O) groups excluding carboxylic acids is 1. The first kappa shape index (κ1) is 23.4. The number of aryl methyl sites for hydroxylation is 1. The molecule has 1 amide bonds. The second-order valence-electron chi connectivity index (χ2n) is 9.41. The van der Waals surface area contributed by atoms with Gasteiger partial charge < -0.3 is 14.4 Å². The maximum atomic E-state index is 13.0. The van der Waals surface area contributed by atoms with Crippen LogP contribution in [0.5, 0.6) is 0 Å². The number of hydrogen-bond acceptors (Lipinski definition) is 6. The van der Waals surface area contributed by atoms with Crippen LogP contribution in [0.1, 0.15) is 54.9 Å². The summed E-state index contributed by atoms with van der Waals surface area (Å²) in [5.74, 6) is 0.523. The molecule has 1 aliphatic rings. The number of likely N-dealkylation sites (tertiary alicyclic amines) is 1. The first-order valence-electron chi connectivity index (χ1n) is 11.3. The van der Waals surface area contributed by atoms with Crippen LogP contribution < -0.4 is 0 Å². The molecule has 4 rings (SSSR count). The van der Waals surface area contributed by atoms with Crippen molar-refractivity contribution in [1.82, 2.24) is 9.88 Å². The summed E-state index contributed by atoms with van der Waals surface area (Å²) in [5.41, 5.74) is 1.18. The number of fused-ring (bicyclic) bond motifs is 1. The Hall–Kier alpha value is -2.71. The highest BCUT2D eigenvalue weighted by Crippen LogP contribution is 2.30. The Morgan fingerprint density at radius 1 is 1.15 bits per heavy atom. The average molecular weight is 471 g/mol. The first-order chi connectivity index (χ1) is 15.6. The van der Waals surface area contributed by atoms with Crippen LogP contribution in [0, 0.1) is 12.8 Å². The zero-order valence-corrected chi connectivity index (χ0v) is 20.1. The van der Waals surface area contributed by atoms with Crippen LogP contribution in [-0.2, 0) is 15.6 Å². The quantitative estimate of drug-likeness (QED) is 0.582. The number of piperidine rings is 1. The Morgan fingerprint density at radius 3 is 2.45 bits per heavy atom. The van der Waals surface area contributed by atoms with E-state index in [0.717, 1.165) is 6.42 Å². The van der Waals surface area contributed by atoms with Crippen LogP contribution in [0.25, 0.3) is 11.1 Å². The SMILES string of the molecule is Cc1nc2c(S(=O)(=O)Cc3ccc(C(=O)N4CCC(O)(CC(C)C)CC4)cc3)cccc2o1. The number of hydrogen-bond donors (Lipinski definition) is 1. The molecule has 0 spiro atoms. The second-order valence-corrected chi connectivity index (χ2v) is 11.4. The number of para-hydroxylation sites is 1. The van der Waals surface area contributed by atoms with Gasteiger partial charge in [0.25, 0.3) is 5.91 Å².